The third kappa shape index (κ3) is 3.64. The molecule has 0 saturated carbocycles. The van der Waals surface area contributed by atoms with Gasteiger partial charge < -0.3 is 5.32 Å². The van der Waals surface area contributed by atoms with Gasteiger partial charge in [0.05, 0.1) is 6.54 Å². The van der Waals surface area contributed by atoms with Gasteiger partial charge in [0, 0.05) is 6.54 Å². The van der Waals surface area contributed by atoms with E-state index in [4.69, 9.17) is 0 Å². The molecule has 3 heteroatoms. The molecule has 0 radical (unpaired) electrons. The van der Waals surface area contributed by atoms with E-state index in [0.717, 1.165) is 16.7 Å². The van der Waals surface area contributed by atoms with Crippen molar-refractivity contribution in [2.75, 3.05) is 6.54 Å². The van der Waals surface area contributed by atoms with Crippen LogP contribution in [0.4, 0.5) is 8.78 Å². The van der Waals surface area contributed by atoms with Crippen LogP contribution in [0.15, 0.2) is 54.6 Å². The highest BCUT2D eigenvalue weighted by molar-refractivity contribution is 5.63. The van der Waals surface area contributed by atoms with E-state index in [1.54, 1.807) is 0 Å². The second-order valence-electron chi connectivity index (χ2n) is 4.08. The zero-order valence-corrected chi connectivity index (χ0v) is 9.94. The molecule has 2 aromatic rings. The highest BCUT2D eigenvalue weighted by Gasteiger charge is 2.01. The average molecular weight is 247 g/mol. The number of halogens is 2. The van der Waals surface area contributed by atoms with Crippen LogP contribution in [0.1, 0.15) is 5.56 Å². The lowest BCUT2D eigenvalue weighted by Crippen LogP contribution is -2.20. The Morgan fingerprint density at radius 2 is 1.44 bits per heavy atom. The fraction of sp³-hybridized carbons (Fsp3) is 0.200. The van der Waals surface area contributed by atoms with E-state index < -0.39 is 6.43 Å². The Morgan fingerprint density at radius 1 is 0.833 bits per heavy atom. The smallest absolute Gasteiger partial charge is 0.250 e. The van der Waals surface area contributed by atoms with Gasteiger partial charge in [-0.3, -0.25) is 0 Å². The van der Waals surface area contributed by atoms with E-state index in [0.29, 0.717) is 6.54 Å². The lowest BCUT2D eigenvalue weighted by Gasteiger charge is -2.06. The molecule has 0 spiro atoms. The molecule has 2 aromatic carbocycles. The number of alkyl halides is 2. The predicted molar refractivity (Wildman–Crippen MR) is 69.6 cm³/mol. The molecule has 0 atom stereocenters. The summed E-state index contributed by atoms with van der Waals surface area (Å²) < 4.78 is 23.9. The van der Waals surface area contributed by atoms with Gasteiger partial charge in [-0.25, -0.2) is 8.78 Å². The number of hydrogen-bond acceptors (Lipinski definition) is 1. The largest absolute Gasteiger partial charge is 0.307 e. The average Bonchev–Trinajstić information content (AvgIpc) is 2.40. The van der Waals surface area contributed by atoms with Crippen LogP contribution in [0.5, 0.6) is 0 Å². The van der Waals surface area contributed by atoms with E-state index in [2.05, 4.69) is 5.32 Å². The van der Waals surface area contributed by atoms with Gasteiger partial charge in [-0.2, -0.15) is 0 Å². The predicted octanol–water partition coefficient (Wildman–Crippen LogP) is 3.71. The molecule has 0 bridgehead atoms. The van der Waals surface area contributed by atoms with Gasteiger partial charge in [0.1, 0.15) is 0 Å². The number of hydrogen-bond donors (Lipinski definition) is 1. The maximum absolute atomic E-state index is 12.0. The first-order valence-electron chi connectivity index (χ1n) is 5.89. The Balaban J connectivity index is 1.98. The molecule has 0 saturated heterocycles. The van der Waals surface area contributed by atoms with Gasteiger partial charge in [-0.15, -0.1) is 0 Å². The molecular formula is C15H15F2N. The first-order valence-corrected chi connectivity index (χ1v) is 5.89. The molecule has 18 heavy (non-hydrogen) atoms. The van der Waals surface area contributed by atoms with Crippen molar-refractivity contribution in [3.05, 3.63) is 60.2 Å². The Bertz CT molecular complexity index is 466. The van der Waals surface area contributed by atoms with Crippen LogP contribution in [-0.2, 0) is 6.54 Å². The molecule has 0 unspecified atom stereocenters. The number of nitrogens with one attached hydrogen (secondary N) is 1. The van der Waals surface area contributed by atoms with Crippen LogP contribution in [0.25, 0.3) is 11.1 Å². The molecule has 94 valence electrons. The van der Waals surface area contributed by atoms with Crippen molar-refractivity contribution in [3.63, 3.8) is 0 Å². The third-order valence-electron chi connectivity index (χ3n) is 2.69. The summed E-state index contributed by atoms with van der Waals surface area (Å²) in [6, 6.07) is 18.0. The summed E-state index contributed by atoms with van der Waals surface area (Å²) in [4.78, 5) is 0. The van der Waals surface area contributed by atoms with Crippen molar-refractivity contribution in [2.45, 2.75) is 13.0 Å². The molecule has 0 aliphatic heterocycles. The fourth-order valence-corrected chi connectivity index (χ4v) is 1.77. The highest BCUT2D eigenvalue weighted by atomic mass is 19.3. The summed E-state index contributed by atoms with van der Waals surface area (Å²) in [5, 5.41) is 2.71. The molecule has 0 amide bonds. The standard InChI is InChI=1S/C15H15F2N/c16-15(17)11-18-10-12-6-8-14(9-7-12)13-4-2-1-3-5-13/h1-9,15,18H,10-11H2. The molecule has 0 aliphatic rings. The molecule has 0 aliphatic carbocycles. The van der Waals surface area contributed by atoms with Crippen LogP contribution in [0.2, 0.25) is 0 Å². The minimum absolute atomic E-state index is 0.263. The van der Waals surface area contributed by atoms with Crippen LogP contribution in [-0.4, -0.2) is 13.0 Å². The maximum atomic E-state index is 12.0. The fourth-order valence-electron chi connectivity index (χ4n) is 1.77. The molecule has 0 aromatic heterocycles. The zero-order chi connectivity index (χ0) is 12.8. The van der Waals surface area contributed by atoms with Crippen molar-refractivity contribution in [1.29, 1.82) is 0 Å². The first kappa shape index (κ1) is 12.7. The minimum atomic E-state index is -2.30. The van der Waals surface area contributed by atoms with E-state index in [-0.39, 0.29) is 6.54 Å². The van der Waals surface area contributed by atoms with Crippen LogP contribution < -0.4 is 5.32 Å². The third-order valence-corrected chi connectivity index (χ3v) is 2.69. The van der Waals surface area contributed by atoms with E-state index in [9.17, 15) is 8.78 Å². The Morgan fingerprint density at radius 3 is 2.06 bits per heavy atom. The van der Waals surface area contributed by atoms with Crippen molar-refractivity contribution < 1.29 is 8.78 Å². The Labute approximate surface area is 105 Å². The molecule has 2 rings (SSSR count). The van der Waals surface area contributed by atoms with E-state index >= 15 is 0 Å². The summed E-state index contributed by atoms with van der Waals surface area (Å²) in [6.45, 7) is 0.208. The minimum Gasteiger partial charge on any atom is -0.307 e. The monoisotopic (exact) mass is 247 g/mol. The summed E-state index contributed by atoms with van der Waals surface area (Å²) in [5.41, 5.74) is 3.30. The number of rotatable bonds is 5. The lowest BCUT2D eigenvalue weighted by atomic mass is 10.0. The molecule has 1 nitrogen and oxygen atoms in total. The lowest BCUT2D eigenvalue weighted by molar-refractivity contribution is 0.145. The van der Waals surface area contributed by atoms with Gasteiger partial charge in [-0.1, -0.05) is 54.6 Å². The van der Waals surface area contributed by atoms with Gasteiger partial charge >= 0.3 is 0 Å². The van der Waals surface area contributed by atoms with Crippen molar-refractivity contribution in [2.24, 2.45) is 0 Å². The van der Waals surface area contributed by atoms with Crippen LogP contribution in [0, 0.1) is 0 Å². The second-order valence-corrected chi connectivity index (χ2v) is 4.08. The van der Waals surface area contributed by atoms with E-state index in [1.165, 1.54) is 0 Å². The molecule has 0 fully saturated rings. The van der Waals surface area contributed by atoms with Gasteiger partial charge in [0.15, 0.2) is 0 Å². The highest BCUT2D eigenvalue weighted by Crippen LogP contribution is 2.19. The Kier molecular flexibility index (Phi) is 4.42. The molecular weight excluding hydrogens is 232 g/mol. The van der Waals surface area contributed by atoms with Crippen LogP contribution >= 0.6 is 0 Å². The SMILES string of the molecule is FC(F)CNCc1ccc(-c2ccccc2)cc1. The summed E-state index contributed by atoms with van der Waals surface area (Å²) in [7, 11) is 0. The van der Waals surface area contributed by atoms with Crippen molar-refractivity contribution in [3.8, 4) is 11.1 Å². The van der Waals surface area contributed by atoms with Gasteiger partial charge in [0.2, 0.25) is 0 Å². The zero-order valence-electron chi connectivity index (χ0n) is 9.94. The topological polar surface area (TPSA) is 12.0 Å². The Hall–Kier alpha value is -1.74. The summed E-state index contributed by atoms with van der Waals surface area (Å²) in [6.07, 6.45) is -2.30. The normalized spacial score (nSPS) is 10.8. The molecule has 0 heterocycles. The summed E-state index contributed by atoms with van der Waals surface area (Å²) >= 11 is 0. The number of benzene rings is 2. The second kappa shape index (κ2) is 6.26. The van der Waals surface area contributed by atoms with Crippen LogP contribution in [0.3, 0.4) is 0 Å². The molecule has 1 N–H and O–H groups in total. The van der Waals surface area contributed by atoms with Gasteiger partial charge in [-0.05, 0) is 16.7 Å². The quantitative estimate of drug-likeness (QED) is 0.849. The maximum Gasteiger partial charge on any atom is 0.250 e. The van der Waals surface area contributed by atoms with Gasteiger partial charge in [0.25, 0.3) is 6.43 Å². The van der Waals surface area contributed by atoms with Crippen molar-refractivity contribution >= 4 is 0 Å². The van der Waals surface area contributed by atoms with E-state index in [1.807, 2.05) is 54.6 Å². The summed E-state index contributed by atoms with van der Waals surface area (Å²) in [5.74, 6) is 0. The first-order chi connectivity index (χ1) is 8.75. The van der Waals surface area contributed by atoms with Crippen molar-refractivity contribution in [1.82, 2.24) is 5.32 Å².